The van der Waals surface area contributed by atoms with E-state index in [-0.39, 0.29) is 11.8 Å². The number of ether oxygens (including phenoxy) is 1. The van der Waals surface area contributed by atoms with E-state index in [2.05, 4.69) is 9.97 Å². The molecule has 2 aromatic carbocycles. The second-order valence-electron chi connectivity index (χ2n) is 4.18. The van der Waals surface area contributed by atoms with E-state index in [9.17, 15) is 4.39 Å². The first-order chi connectivity index (χ1) is 9.81. The van der Waals surface area contributed by atoms with Crippen molar-refractivity contribution in [2.45, 2.75) is 0 Å². The molecule has 0 spiro atoms. The minimum Gasteiger partial charge on any atom is -0.424 e. The molecule has 0 saturated carbocycles. The van der Waals surface area contributed by atoms with Crippen molar-refractivity contribution in [2.24, 2.45) is 0 Å². The SMILES string of the molecule is Fc1ccc(-c2cnc(Oc3ccccc3)nc2)cc1. The quantitative estimate of drug-likeness (QED) is 0.716. The number of benzene rings is 2. The predicted octanol–water partition coefficient (Wildman–Crippen LogP) is 4.08. The third-order valence-corrected chi connectivity index (χ3v) is 2.76. The standard InChI is InChI=1S/C16H11FN2O/c17-14-8-6-12(7-9-14)13-10-18-16(19-11-13)20-15-4-2-1-3-5-15/h1-11H. The highest BCUT2D eigenvalue weighted by molar-refractivity contribution is 5.61. The van der Waals surface area contributed by atoms with Gasteiger partial charge in [-0.25, -0.2) is 14.4 Å². The van der Waals surface area contributed by atoms with Gasteiger partial charge in [-0.2, -0.15) is 0 Å². The third kappa shape index (κ3) is 2.80. The molecule has 1 aromatic heterocycles. The molecule has 0 N–H and O–H groups in total. The Labute approximate surface area is 115 Å². The average Bonchev–Trinajstić information content (AvgIpc) is 2.50. The van der Waals surface area contributed by atoms with E-state index in [0.29, 0.717) is 5.75 Å². The van der Waals surface area contributed by atoms with Crippen molar-refractivity contribution in [3.8, 4) is 22.9 Å². The first-order valence-corrected chi connectivity index (χ1v) is 6.12. The molecule has 3 nitrogen and oxygen atoms in total. The molecule has 0 aliphatic rings. The summed E-state index contributed by atoms with van der Waals surface area (Å²) < 4.78 is 18.4. The zero-order valence-electron chi connectivity index (χ0n) is 10.5. The van der Waals surface area contributed by atoms with Crippen LogP contribution in [0.15, 0.2) is 67.0 Å². The van der Waals surface area contributed by atoms with Crippen LogP contribution in [0, 0.1) is 5.82 Å². The van der Waals surface area contributed by atoms with E-state index in [4.69, 9.17) is 4.74 Å². The lowest BCUT2D eigenvalue weighted by Gasteiger charge is -2.04. The Kier molecular flexibility index (Phi) is 3.37. The predicted molar refractivity (Wildman–Crippen MR) is 73.9 cm³/mol. The lowest BCUT2D eigenvalue weighted by Crippen LogP contribution is -1.91. The molecule has 0 aliphatic carbocycles. The molecule has 1 heterocycles. The molecule has 0 fully saturated rings. The van der Waals surface area contributed by atoms with Crippen LogP contribution in [-0.4, -0.2) is 9.97 Å². The maximum Gasteiger partial charge on any atom is 0.321 e. The Morgan fingerprint density at radius 3 is 2.05 bits per heavy atom. The first-order valence-electron chi connectivity index (χ1n) is 6.12. The van der Waals surface area contributed by atoms with Gasteiger partial charge in [0.25, 0.3) is 0 Å². The number of aromatic nitrogens is 2. The number of para-hydroxylation sites is 1. The van der Waals surface area contributed by atoms with E-state index in [0.717, 1.165) is 11.1 Å². The lowest BCUT2D eigenvalue weighted by atomic mass is 10.1. The fraction of sp³-hybridized carbons (Fsp3) is 0. The zero-order chi connectivity index (χ0) is 13.8. The van der Waals surface area contributed by atoms with Gasteiger partial charge in [0.15, 0.2) is 0 Å². The molecule has 4 heteroatoms. The second-order valence-corrected chi connectivity index (χ2v) is 4.18. The molecule has 3 rings (SSSR count). The average molecular weight is 266 g/mol. The van der Waals surface area contributed by atoms with E-state index in [1.807, 2.05) is 30.3 Å². The maximum absolute atomic E-state index is 12.9. The van der Waals surface area contributed by atoms with Gasteiger partial charge in [-0.1, -0.05) is 30.3 Å². The zero-order valence-corrected chi connectivity index (χ0v) is 10.5. The van der Waals surface area contributed by atoms with Crippen LogP contribution in [0.4, 0.5) is 4.39 Å². The van der Waals surface area contributed by atoms with Gasteiger partial charge < -0.3 is 4.74 Å². The van der Waals surface area contributed by atoms with Crippen molar-refractivity contribution in [1.29, 1.82) is 0 Å². The van der Waals surface area contributed by atoms with Gasteiger partial charge in [0, 0.05) is 18.0 Å². The fourth-order valence-corrected chi connectivity index (χ4v) is 1.75. The Morgan fingerprint density at radius 2 is 1.40 bits per heavy atom. The number of hydrogen-bond acceptors (Lipinski definition) is 3. The van der Waals surface area contributed by atoms with Gasteiger partial charge in [0.2, 0.25) is 0 Å². The van der Waals surface area contributed by atoms with E-state index < -0.39 is 0 Å². The molecule has 0 radical (unpaired) electrons. The number of halogens is 1. The van der Waals surface area contributed by atoms with Crippen LogP contribution in [0.5, 0.6) is 11.8 Å². The highest BCUT2D eigenvalue weighted by Gasteiger charge is 2.02. The van der Waals surface area contributed by atoms with Gasteiger partial charge >= 0.3 is 6.01 Å². The molecule has 98 valence electrons. The van der Waals surface area contributed by atoms with Gasteiger partial charge in [-0.05, 0) is 29.8 Å². The number of nitrogens with zero attached hydrogens (tertiary/aromatic N) is 2. The number of hydrogen-bond donors (Lipinski definition) is 0. The number of rotatable bonds is 3. The van der Waals surface area contributed by atoms with Crippen LogP contribution in [0.3, 0.4) is 0 Å². The molecule has 0 amide bonds. The van der Waals surface area contributed by atoms with Crippen LogP contribution < -0.4 is 4.74 Å². The first kappa shape index (κ1) is 12.3. The summed E-state index contributed by atoms with van der Waals surface area (Å²) >= 11 is 0. The molecule has 0 atom stereocenters. The summed E-state index contributed by atoms with van der Waals surface area (Å²) in [7, 11) is 0. The maximum atomic E-state index is 12.9. The van der Waals surface area contributed by atoms with Crippen molar-refractivity contribution in [2.75, 3.05) is 0 Å². The molecular formula is C16H11FN2O. The Morgan fingerprint density at radius 1 is 0.750 bits per heavy atom. The van der Waals surface area contributed by atoms with E-state index >= 15 is 0 Å². The van der Waals surface area contributed by atoms with Crippen molar-refractivity contribution >= 4 is 0 Å². The molecular weight excluding hydrogens is 255 g/mol. The van der Waals surface area contributed by atoms with Gasteiger partial charge in [-0.3, -0.25) is 0 Å². The Bertz CT molecular complexity index is 682. The van der Waals surface area contributed by atoms with Crippen LogP contribution in [0.25, 0.3) is 11.1 Å². The highest BCUT2D eigenvalue weighted by atomic mass is 19.1. The van der Waals surface area contributed by atoms with Crippen LogP contribution in [0.2, 0.25) is 0 Å². The van der Waals surface area contributed by atoms with E-state index in [1.54, 1.807) is 24.5 Å². The highest BCUT2D eigenvalue weighted by Crippen LogP contribution is 2.21. The topological polar surface area (TPSA) is 35.0 Å². The largest absolute Gasteiger partial charge is 0.424 e. The Hall–Kier alpha value is -2.75. The smallest absolute Gasteiger partial charge is 0.321 e. The molecule has 0 saturated heterocycles. The molecule has 3 aromatic rings. The summed E-state index contributed by atoms with van der Waals surface area (Å²) in [6, 6.07) is 15.8. The monoisotopic (exact) mass is 266 g/mol. The van der Waals surface area contributed by atoms with Crippen LogP contribution >= 0.6 is 0 Å². The third-order valence-electron chi connectivity index (χ3n) is 2.76. The van der Waals surface area contributed by atoms with Crippen molar-refractivity contribution in [3.63, 3.8) is 0 Å². The molecule has 0 unspecified atom stereocenters. The minimum atomic E-state index is -0.265. The molecule has 0 aliphatic heterocycles. The van der Waals surface area contributed by atoms with Crippen molar-refractivity contribution in [3.05, 3.63) is 72.8 Å². The molecule has 0 bridgehead atoms. The lowest BCUT2D eigenvalue weighted by molar-refractivity contribution is 0.442. The molecule has 20 heavy (non-hydrogen) atoms. The summed E-state index contributed by atoms with van der Waals surface area (Å²) in [5.41, 5.74) is 1.67. The van der Waals surface area contributed by atoms with Gasteiger partial charge in [-0.15, -0.1) is 0 Å². The summed E-state index contributed by atoms with van der Waals surface area (Å²) in [5, 5.41) is 0. The normalized spacial score (nSPS) is 10.2. The second kappa shape index (κ2) is 5.48. The summed E-state index contributed by atoms with van der Waals surface area (Å²) in [6.45, 7) is 0. The van der Waals surface area contributed by atoms with Crippen LogP contribution in [0.1, 0.15) is 0 Å². The van der Waals surface area contributed by atoms with Gasteiger partial charge in [0.05, 0.1) is 0 Å². The van der Waals surface area contributed by atoms with Crippen molar-refractivity contribution < 1.29 is 9.13 Å². The fourth-order valence-electron chi connectivity index (χ4n) is 1.75. The summed E-state index contributed by atoms with van der Waals surface area (Å²) in [4.78, 5) is 8.29. The summed E-state index contributed by atoms with van der Waals surface area (Å²) in [5.74, 6) is 0.417. The minimum absolute atomic E-state index is 0.265. The van der Waals surface area contributed by atoms with Crippen LogP contribution in [-0.2, 0) is 0 Å². The Balaban J connectivity index is 1.79. The summed E-state index contributed by atoms with van der Waals surface area (Å²) in [6.07, 6.45) is 3.30. The van der Waals surface area contributed by atoms with E-state index in [1.165, 1.54) is 12.1 Å². The van der Waals surface area contributed by atoms with Crippen molar-refractivity contribution in [1.82, 2.24) is 9.97 Å². The van der Waals surface area contributed by atoms with Gasteiger partial charge in [0.1, 0.15) is 11.6 Å².